The summed E-state index contributed by atoms with van der Waals surface area (Å²) in [6.07, 6.45) is 3.50. The van der Waals surface area contributed by atoms with E-state index in [1.165, 1.54) is 0 Å². The molecule has 3 rings (SSSR count). The third kappa shape index (κ3) is 3.82. The minimum atomic E-state index is -3.41. The van der Waals surface area contributed by atoms with Crippen LogP contribution in [-0.4, -0.2) is 38.5 Å². The lowest BCUT2D eigenvalue weighted by molar-refractivity contribution is 0.250. The average Bonchev–Trinajstić information content (AvgIpc) is 2.54. The van der Waals surface area contributed by atoms with Crippen molar-refractivity contribution in [2.24, 2.45) is 11.7 Å². The first-order valence-electron chi connectivity index (χ1n) is 8.00. The Morgan fingerprint density at radius 1 is 1.30 bits per heavy atom. The molecule has 1 saturated heterocycles. The number of rotatable bonds is 3. The smallest absolute Gasteiger partial charge is 0.243 e. The highest BCUT2D eigenvalue weighted by Gasteiger charge is 2.31. The Bertz CT molecular complexity index is 641. The van der Waals surface area contributed by atoms with Gasteiger partial charge in [0.1, 0.15) is 5.75 Å². The lowest BCUT2D eigenvalue weighted by atomic mass is 9.92. The minimum absolute atomic E-state index is 0. The number of halogens is 1. The molecule has 2 aliphatic heterocycles. The van der Waals surface area contributed by atoms with E-state index in [0.29, 0.717) is 30.5 Å². The van der Waals surface area contributed by atoms with Gasteiger partial charge in [0.15, 0.2) is 0 Å². The SMILES string of the molecule is CC(N)C1CCN(S(=O)(=O)c2ccc3c(c2)CCCO3)CC1.Cl. The molecule has 5 nitrogen and oxygen atoms in total. The van der Waals surface area contributed by atoms with Gasteiger partial charge in [-0.3, -0.25) is 0 Å². The molecule has 2 heterocycles. The van der Waals surface area contributed by atoms with Crippen LogP contribution < -0.4 is 10.5 Å². The molecule has 0 radical (unpaired) electrons. The van der Waals surface area contributed by atoms with Gasteiger partial charge < -0.3 is 10.5 Å². The molecule has 0 saturated carbocycles. The molecule has 1 aromatic carbocycles. The standard InChI is InChI=1S/C16H24N2O3S.ClH/c1-12(17)13-6-8-18(9-7-13)22(19,20)15-4-5-16-14(11-15)3-2-10-21-16;/h4-5,11-13H,2-3,6-10,17H2,1H3;1H. The normalized spacial score (nSPS) is 21.0. The predicted octanol–water partition coefficient (Wildman–Crippen LogP) is 2.18. The fourth-order valence-electron chi connectivity index (χ4n) is 3.29. The number of nitrogens with two attached hydrogens (primary N) is 1. The molecule has 1 fully saturated rings. The van der Waals surface area contributed by atoms with Gasteiger partial charge >= 0.3 is 0 Å². The van der Waals surface area contributed by atoms with E-state index in [2.05, 4.69) is 0 Å². The van der Waals surface area contributed by atoms with Crippen molar-refractivity contribution in [3.8, 4) is 5.75 Å². The van der Waals surface area contributed by atoms with Gasteiger partial charge in [0, 0.05) is 19.1 Å². The van der Waals surface area contributed by atoms with E-state index in [1.807, 2.05) is 6.92 Å². The molecule has 23 heavy (non-hydrogen) atoms. The molecule has 0 aromatic heterocycles. The van der Waals surface area contributed by atoms with Crippen molar-refractivity contribution < 1.29 is 13.2 Å². The molecule has 0 aliphatic carbocycles. The van der Waals surface area contributed by atoms with E-state index in [0.717, 1.165) is 37.0 Å². The molecule has 2 aliphatic rings. The van der Waals surface area contributed by atoms with Crippen LogP contribution in [0.3, 0.4) is 0 Å². The topological polar surface area (TPSA) is 72.6 Å². The summed E-state index contributed by atoms with van der Waals surface area (Å²) in [5.74, 6) is 1.24. The molecule has 1 unspecified atom stereocenters. The number of hydrogen-bond donors (Lipinski definition) is 1. The molecular formula is C16H25ClN2O3S. The fourth-order valence-corrected chi connectivity index (χ4v) is 4.81. The molecule has 1 aromatic rings. The van der Waals surface area contributed by atoms with Gasteiger partial charge in [0.05, 0.1) is 11.5 Å². The van der Waals surface area contributed by atoms with Gasteiger partial charge in [-0.1, -0.05) is 0 Å². The maximum absolute atomic E-state index is 12.8. The molecule has 0 spiro atoms. The van der Waals surface area contributed by atoms with E-state index in [4.69, 9.17) is 10.5 Å². The zero-order chi connectivity index (χ0) is 15.7. The first kappa shape index (κ1) is 18.5. The maximum atomic E-state index is 12.8. The number of benzene rings is 1. The van der Waals surface area contributed by atoms with Crippen LogP contribution in [0, 0.1) is 5.92 Å². The quantitative estimate of drug-likeness (QED) is 0.896. The monoisotopic (exact) mass is 360 g/mol. The predicted molar refractivity (Wildman–Crippen MR) is 92.6 cm³/mol. The van der Waals surface area contributed by atoms with Crippen LogP contribution in [0.15, 0.2) is 23.1 Å². The van der Waals surface area contributed by atoms with Gasteiger partial charge in [-0.15, -0.1) is 12.4 Å². The second-order valence-corrected chi connectivity index (χ2v) is 8.26. The number of hydrogen-bond acceptors (Lipinski definition) is 4. The zero-order valence-electron chi connectivity index (χ0n) is 13.4. The molecule has 2 N–H and O–H groups in total. The van der Waals surface area contributed by atoms with E-state index in [1.54, 1.807) is 22.5 Å². The highest BCUT2D eigenvalue weighted by atomic mass is 35.5. The highest BCUT2D eigenvalue weighted by Crippen LogP contribution is 2.30. The van der Waals surface area contributed by atoms with Crippen LogP contribution in [0.4, 0.5) is 0 Å². The highest BCUT2D eigenvalue weighted by molar-refractivity contribution is 7.89. The van der Waals surface area contributed by atoms with E-state index in [-0.39, 0.29) is 18.4 Å². The fraction of sp³-hybridized carbons (Fsp3) is 0.625. The second kappa shape index (κ2) is 7.38. The number of ether oxygens (including phenoxy) is 1. The van der Waals surface area contributed by atoms with Crippen LogP contribution in [0.2, 0.25) is 0 Å². The Hall–Kier alpha value is -0.820. The third-order valence-corrected chi connectivity index (χ3v) is 6.65. The Balaban J connectivity index is 0.00000192. The number of nitrogens with zero attached hydrogens (tertiary/aromatic N) is 1. The van der Waals surface area contributed by atoms with Crippen molar-refractivity contribution in [3.05, 3.63) is 23.8 Å². The molecular weight excluding hydrogens is 336 g/mol. The lowest BCUT2D eigenvalue weighted by Gasteiger charge is -2.33. The number of aryl methyl sites for hydroxylation is 1. The van der Waals surface area contributed by atoms with Gasteiger partial charge in [-0.05, 0) is 62.3 Å². The van der Waals surface area contributed by atoms with Gasteiger partial charge in [-0.25, -0.2) is 8.42 Å². The van der Waals surface area contributed by atoms with Crippen molar-refractivity contribution in [3.63, 3.8) is 0 Å². The Morgan fingerprint density at radius 2 is 2.00 bits per heavy atom. The average molecular weight is 361 g/mol. The number of piperidine rings is 1. The first-order chi connectivity index (χ1) is 10.5. The van der Waals surface area contributed by atoms with Crippen molar-refractivity contribution in [2.45, 2.75) is 43.5 Å². The van der Waals surface area contributed by atoms with Crippen molar-refractivity contribution in [1.29, 1.82) is 0 Å². The number of sulfonamides is 1. The van der Waals surface area contributed by atoms with Crippen LogP contribution >= 0.6 is 12.4 Å². The second-order valence-electron chi connectivity index (χ2n) is 6.32. The summed E-state index contributed by atoms with van der Waals surface area (Å²) < 4.78 is 32.8. The van der Waals surface area contributed by atoms with E-state index < -0.39 is 10.0 Å². The van der Waals surface area contributed by atoms with Gasteiger partial charge in [0.25, 0.3) is 0 Å². The van der Waals surface area contributed by atoms with Crippen LogP contribution in [0.5, 0.6) is 5.75 Å². The summed E-state index contributed by atoms with van der Waals surface area (Å²) in [6, 6.07) is 5.36. The van der Waals surface area contributed by atoms with Crippen molar-refractivity contribution in [1.82, 2.24) is 4.31 Å². The third-order valence-electron chi connectivity index (χ3n) is 4.76. The largest absolute Gasteiger partial charge is 0.493 e. The summed E-state index contributed by atoms with van der Waals surface area (Å²) in [7, 11) is -3.41. The van der Waals surface area contributed by atoms with Gasteiger partial charge in [-0.2, -0.15) is 4.31 Å². The van der Waals surface area contributed by atoms with E-state index >= 15 is 0 Å². The molecule has 130 valence electrons. The van der Waals surface area contributed by atoms with Crippen LogP contribution in [0.1, 0.15) is 31.7 Å². The van der Waals surface area contributed by atoms with Gasteiger partial charge in [0.2, 0.25) is 10.0 Å². The van der Waals surface area contributed by atoms with Crippen LogP contribution in [0.25, 0.3) is 0 Å². The number of fused-ring (bicyclic) bond motifs is 1. The summed E-state index contributed by atoms with van der Waals surface area (Å²) in [6.45, 7) is 3.83. The van der Waals surface area contributed by atoms with E-state index in [9.17, 15) is 8.42 Å². The summed E-state index contributed by atoms with van der Waals surface area (Å²) >= 11 is 0. The van der Waals surface area contributed by atoms with Crippen molar-refractivity contribution >= 4 is 22.4 Å². The summed E-state index contributed by atoms with van der Waals surface area (Å²) in [5, 5.41) is 0. The molecule has 1 atom stereocenters. The molecule has 0 amide bonds. The first-order valence-corrected chi connectivity index (χ1v) is 9.44. The minimum Gasteiger partial charge on any atom is -0.493 e. The lowest BCUT2D eigenvalue weighted by Crippen LogP contribution is -2.42. The van der Waals surface area contributed by atoms with Crippen LogP contribution in [-0.2, 0) is 16.4 Å². The summed E-state index contributed by atoms with van der Waals surface area (Å²) in [4.78, 5) is 0.385. The zero-order valence-corrected chi connectivity index (χ0v) is 15.0. The molecule has 0 bridgehead atoms. The summed E-state index contributed by atoms with van der Waals surface area (Å²) in [5.41, 5.74) is 6.93. The van der Waals surface area contributed by atoms with Crippen molar-refractivity contribution in [2.75, 3.05) is 19.7 Å². The Labute approximate surface area is 144 Å². The maximum Gasteiger partial charge on any atom is 0.243 e. The molecule has 7 heteroatoms. The Morgan fingerprint density at radius 3 is 2.65 bits per heavy atom. The Kier molecular flexibility index (Phi) is 5.94.